The largest absolute Gasteiger partial charge is 0.368 e. The van der Waals surface area contributed by atoms with E-state index < -0.39 is 0 Å². The van der Waals surface area contributed by atoms with Gasteiger partial charge in [0.2, 0.25) is 0 Å². The normalized spacial score (nSPS) is 23.5. The van der Waals surface area contributed by atoms with Gasteiger partial charge in [-0.3, -0.25) is 4.79 Å². The molecule has 1 heterocycles. The summed E-state index contributed by atoms with van der Waals surface area (Å²) in [6, 6.07) is 0. The second-order valence-electron chi connectivity index (χ2n) is 2.86. The van der Waals surface area contributed by atoms with Gasteiger partial charge in [-0.2, -0.15) is 0 Å². The third-order valence-corrected chi connectivity index (χ3v) is 1.88. The molecule has 0 bridgehead atoms. The van der Waals surface area contributed by atoms with Crippen molar-refractivity contribution in [2.75, 3.05) is 19.7 Å². The maximum absolute atomic E-state index is 11.3. The highest BCUT2D eigenvalue weighted by atomic mass is 16.5. The van der Waals surface area contributed by atoms with E-state index in [-0.39, 0.29) is 11.9 Å². The number of ketones is 1. The molecule has 1 unspecified atom stereocenters. The van der Waals surface area contributed by atoms with E-state index in [0.717, 1.165) is 13.0 Å². The van der Waals surface area contributed by atoms with Crippen LogP contribution in [0.3, 0.4) is 0 Å². The number of hydrogen-bond acceptors (Lipinski definition) is 3. The molecule has 1 atom stereocenters. The number of Topliss-reactive ketones (excluding diaryl/α,β-unsaturated/α-hetero) is 1. The van der Waals surface area contributed by atoms with Crippen LogP contribution in [0.1, 0.15) is 12.8 Å². The fourth-order valence-corrected chi connectivity index (χ4v) is 1.18. The van der Waals surface area contributed by atoms with Gasteiger partial charge in [-0.1, -0.05) is 6.08 Å². The Bertz CT molecular complexity index is 162. The third-order valence-electron chi connectivity index (χ3n) is 1.88. The fourth-order valence-electron chi connectivity index (χ4n) is 1.18. The zero-order chi connectivity index (χ0) is 8.81. The van der Waals surface area contributed by atoms with Crippen molar-refractivity contribution in [3.05, 3.63) is 12.7 Å². The van der Waals surface area contributed by atoms with Gasteiger partial charge in [0, 0.05) is 19.5 Å². The van der Waals surface area contributed by atoms with Crippen molar-refractivity contribution in [1.29, 1.82) is 0 Å². The first-order valence-corrected chi connectivity index (χ1v) is 4.30. The number of rotatable bonds is 4. The zero-order valence-corrected chi connectivity index (χ0v) is 7.21. The van der Waals surface area contributed by atoms with Crippen LogP contribution in [0.5, 0.6) is 0 Å². The molecule has 0 aromatic heterocycles. The smallest absolute Gasteiger partial charge is 0.163 e. The lowest BCUT2D eigenvalue weighted by molar-refractivity contribution is -0.131. The lowest BCUT2D eigenvalue weighted by atomic mass is 10.1. The number of hydrogen-bond donors (Lipinski definition) is 1. The Hall–Kier alpha value is -0.670. The summed E-state index contributed by atoms with van der Waals surface area (Å²) in [6.07, 6.45) is 2.83. The Kier molecular flexibility index (Phi) is 3.97. The molecule has 0 aromatic carbocycles. The minimum absolute atomic E-state index is 0.183. The van der Waals surface area contributed by atoms with E-state index in [0.29, 0.717) is 19.6 Å². The maximum atomic E-state index is 11.3. The van der Waals surface area contributed by atoms with Crippen molar-refractivity contribution >= 4 is 5.78 Å². The summed E-state index contributed by atoms with van der Waals surface area (Å²) in [5.41, 5.74) is 0. The average molecular weight is 169 g/mol. The van der Waals surface area contributed by atoms with Crippen molar-refractivity contribution in [2.45, 2.75) is 18.9 Å². The molecule has 1 aliphatic rings. The highest BCUT2D eigenvalue weighted by Gasteiger charge is 2.20. The van der Waals surface area contributed by atoms with Gasteiger partial charge in [-0.05, 0) is 6.42 Å². The van der Waals surface area contributed by atoms with Gasteiger partial charge in [0.1, 0.15) is 6.10 Å². The predicted octanol–water partition coefficient (Wildman–Crippen LogP) is 0.510. The van der Waals surface area contributed by atoms with E-state index in [1.807, 2.05) is 0 Å². The minimum atomic E-state index is -0.223. The summed E-state index contributed by atoms with van der Waals surface area (Å²) in [6.45, 7) is 5.73. The highest BCUT2D eigenvalue weighted by molar-refractivity contribution is 5.83. The van der Waals surface area contributed by atoms with E-state index in [4.69, 9.17) is 4.74 Å². The molecule has 0 aliphatic carbocycles. The maximum Gasteiger partial charge on any atom is 0.163 e. The number of carbonyl (C=O) groups excluding carboxylic acids is 1. The first kappa shape index (κ1) is 9.42. The van der Waals surface area contributed by atoms with Crippen molar-refractivity contribution in [3.63, 3.8) is 0 Å². The van der Waals surface area contributed by atoms with Crippen LogP contribution in [0.25, 0.3) is 0 Å². The minimum Gasteiger partial charge on any atom is -0.368 e. The summed E-state index contributed by atoms with van der Waals surface area (Å²) < 4.78 is 5.29. The number of carbonyl (C=O) groups is 1. The zero-order valence-electron chi connectivity index (χ0n) is 7.21. The lowest BCUT2D eigenvalue weighted by Gasteiger charge is -2.22. The Balaban J connectivity index is 2.24. The molecule has 0 amide bonds. The predicted molar refractivity (Wildman–Crippen MR) is 47.0 cm³/mol. The Labute approximate surface area is 72.8 Å². The monoisotopic (exact) mass is 169 g/mol. The van der Waals surface area contributed by atoms with Gasteiger partial charge in [0.25, 0.3) is 0 Å². The van der Waals surface area contributed by atoms with Gasteiger partial charge < -0.3 is 10.1 Å². The molecule has 0 saturated carbocycles. The fraction of sp³-hybridized carbons (Fsp3) is 0.667. The number of morpholine rings is 1. The molecule has 1 saturated heterocycles. The second-order valence-corrected chi connectivity index (χ2v) is 2.86. The van der Waals surface area contributed by atoms with Gasteiger partial charge in [0.15, 0.2) is 5.78 Å². The van der Waals surface area contributed by atoms with Gasteiger partial charge in [0.05, 0.1) is 6.61 Å². The first-order valence-electron chi connectivity index (χ1n) is 4.30. The van der Waals surface area contributed by atoms with E-state index in [1.54, 1.807) is 6.08 Å². The van der Waals surface area contributed by atoms with Gasteiger partial charge in [-0.25, -0.2) is 0 Å². The highest BCUT2D eigenvalue weighted by Crippen LogP contribution is 2.02. The standard InChI is InChI=1S/C9H15NO2/c1-2-3-4-8(11)9-7-10-5-6-12-9/h2,9-10H,1,3-7H2. The van der Waals surface area contributed by atoms with Crippen LogP contribution >= 0.6 is 0 Å². The summed E-state index contributed by atoms with van der Waals surface area (Å²) in [4.78, 5) is 11.3. The first-order chi connectivity index (χ1) is 5.84. The number of nitrogens with one attached hydrogen (secondary N) is 1. The van der Waals surface area contributed by atoms with Crippen LogP contribution in [0.4, 0.5) is 0 Å². The Morgan fingerprint density at radius 1 is 1.75 bits per heavy atom. The van der Waals surface area contributed by atoms with Crippen LogP contribution in [-0.4, -0.2) is 31.6 Å². The third kappa shape index (κ3) is 2.75. The molecule has 0 radical (unpaired) electrons. The van der Waals surface area contributed by atoms with Crippen molar-refractivity contribution < 1.29 is 9.53 Å². The molecule has 1 fully saturated rings. The van der Waals surface area contributed by atoms with Crippen LogP contribution in [0.2, 0.25) is 0 Å². The molecule has 0 aromatic rings. The van der Waals surface area contributed by atoms with Crippen LogP contribution in [0, 0.1) is 0 Å². The molecule has 1 aliphatic heterocycles. The molecule has 1 rings (SSSR count). The second kappa shape index (κ2) is 5.06. The lowest BCUT2D eigenvalue weighted by Crippen LogP contribution is -2.42. The molecule has 12 heavy (non-hydrogen) atoms. The molecule has 3 nitrogen and oxygen atoms in total. The molecule has 1 N–H and O–H groups in total. The van der Waals surface area contributed by atoms with E-state index in [9.17, 15) is 4.79 Å². The Morgan fingerprint density at radius 2 is 2.58 bits per heavy atom. The van der Waals surface area contributed by atoms with Crippen molar-refractivity contribution in [3.8, 4) is 0 Å². The van der Waals surface area contributed by atoms with E-state index >= 15 is 0 Å². The quantitative estimate of drug-likeness (QED) is 0.623. The molecular weight excluding hydrogens is 154 g/mol. The van der Waals surface area contributed by atoms with Crippen molar-refractivity contribution in [1.82, 2.24) is 5.32 Å². The summed E-state index contributed by atoms with van der Waals surface area (Å²) in [5.74, 6) is 0.183. The van der Waals surface area contributed by atoms with Crippen LogP contribution in [-0.2, 0) is 9.53 Å². The number of ether oxygens (including phenoxy) is 1. The molecule has 0 spiro atoms. The summed E-state index contributed by atoms with van der Waals surface area (Å²) >= 11 is 0. The van der Waals surface area contributed by atoms with E-state index in [2.05, 4.69) is 11.9 Å². The number of allylic oxidation sites excluding steroid dienone is 1. The summed E-state index contributed by atoms with van der Waals surface area (Å²) in [5, 5.41) is 3.12. The van der Waals surface area contributed by atoms with Gasteiger partial charge in [-0.15, -0.1) is 6.58 Å². The van der Waals surface area contributed by atoms with Crippen LogP contribution < -0.4 is 5.32 Å². The Morgan fingerprint density at radius 3 is 3.17 bits per heavy atom. The topological polar surface area (TPSA) is 38.3 Å². The van der Waals surface area contributed by atoms with Gasteiger partial charge >= 0.3 is 0 Å². The molecule has 68 valence electrons. The molecule has 3 heteroatoms. The summed E-state index contributed by atoms with van der Waals surface area (Å²) in [7, 11) is 0. The SMILES string of the molecule is C=CCCC(=O)C1CNCCO1. The van der Waals surface area contributed by atoms with Crippen LogP contribution in [0.15, 0.2) is 12.7 Å². The van der Waals surface area contributed by atoms with E-state index in [1.165, 1.54) is 0 Å². The average Bonchev–Trinajstić information content (AvgIpc) is 2.15. The molecular formula is C9H15NO2. The van der Waals surface area contributed by atoms with Crippen molar-refractivity contribution in [2.24, 2.45) is 0 Å².